The van der Waals surface area contributed by atoms with E-state index in [-0.39, 0.29) is 12.3 Å². The van der Waals surface area contributed by atoms with Gasteiger partial charge in [-0.15, -0.1) is 0 Å². The van der Waals surface area contributed by atoms with Crippen LogP contribution in [0.3, 0.4) is 0 Å². The Morgan fingerprint density at radius 3 is 2.84 bits per heavy atom. The fraction of sp³-hybridized carbons (Fsp3) is 0.211. The number of amides is 1. The highest BCUT2D eigenvalue weighted by molar-refractivity contribution is 6.64. The average molecular weight is 355 g/mol. The Morgan fingerprint density at radius 2 is 2.12 bits per heavy atom. The maximum atomic E-state index is 12.2. The van der Waals surface area contributed by atoms with E-state index in [1.807, 2.05) is 31.2 Å². The van der Waals surface area contributed by atoms with Gasteiger partial charge in [0.15, 0.2) is 5.58 Å². The Bertz CT molecular complexity index is 995. The first-order chi connectivity index (χ1) is 12.0. The molecule has 3 aromatic rings. The van der Waals surface area contributed by atoms with Crippen LogP contribution in [-0.4, -0.2) is 22.7 Å². The smallest absolute Gasteiger partial charge is 0.227 e. The number of halogens is 1. The van der Waals surface area contributed by atoms with Crippen LogP contribution in [0.2, 0.25) is 0 Å². The fourth-order valence-electron chi connectivity index (χ4n) is 3.09. The van der Waals surface area contributed by atoms with Gasteiger partial charge in [0.2, 0.25) is 17.0 Å². The monoisotopic (exact) mass is 354 g/mol. The summed E-state index contributed by atoms with van der Waals surface area (Å²) in [4.78, 5) is 29.6. The second-order valence-corrected chi connectivity index (χ2v) is 6.62. The van der Waals surface area contributed by atoms with Gasteiger partial charge in [0, 0.05) is 24.2 Å². The van der Waals surface area contributed by atoms with Crippen LogP contribution in [-0.2, 0) is 9.59 Å². The Hall–Kier alpha value is -2.66. The third-order valence-electron chi connectivity index (χ3n) is 4.39. The van der Waals surface area contributed by atoms with Crippen molar-refractivity contribution in [3.63, 3.8) is 0 Å². The van der Waals surface area contributed by atoms with Crippen molar-refractivity contribution in [3.8, 4) is 11.5 Å². The lowest BCUT2D eigenvalue weighted by Gasteiger charge is -2.15. The summed E-state index contributed by atoms with van der Waals surface area (Å²) in [5.74, 6) is -0.0248. The molecule has 0 N–H and O–H groups in total. The van der Waals surface area contributed by atoms with Gasteiger partial charge >= 0.3 is 0 Å². The van der Waals surface area contributed by atoms with Gasteiger partial charge in [0.1, 0.15) is 5.52 Å². The molecule has 1 fully saturated rings. The fourth-order valence-corrected chi connectivity index (χ4v) is 3.24. The maximum Gasteiger partial charge on any atom is 0.227 e. The number of aryl methyl sites for hydroxylation is 1. The number of carbonyl (C=O) groups is 2. The molecule has 1 atom stereocenters. The van der Waals surface area contributed by atoms with E-state index in [0.29, 0.717) is 29.2 Å². The average Bonchev–Trinajstić information content (AvgIpc) is 3.17. The molecular formula is C19H15ClN2O3. The Morgan fingerprint density at radius 1 is 1.28 bits per heavy atom. The number of aromatic nitrogens is 1. The second kappa shape index (κ2) is 6.01. The lowest BCUT2D eigenvalue weighted by molar-refractivity contribution is -0.120. The molecule has 1 aliphatic heterocycles. The number of rotatable bonds is 3. The van der Waals surface area contributed by atoms with Gasteiger partial charge < -0.3 is 9.32 Å². The van der Waals surface area contributed by atoms with Gasteiger partial charge in [-0.1, -0.05) is 17.7 Å². The molecule has 6 heteroatoms. The van der Waals surface area contributed by atoms with E-state index in [1.54, 1.807) is 23.1 Å². The molecule has 126 valence electrons. The van der Waals surface area contributed by atoms with Crippen LogP contribution in [0.5, 0.6) is 0 Å². The number of hydrogen-bond acceptors (Lipinski definition) is 4. The second-order valence-electron chi connectivity index (χ2n) is 6.25. The third kappa shape index (κ3) is 2.91. The Labute approximate surface area is 149 Å². The van der Waals surface area contributed by atoms with E-state index >= 15 is 0 Å². The summed E-state index contributed by atoms with van der Waals surface area (Å²) < 4.78 is 5.82. The molecule has 25 heavy (non-hydrogen) atoms. The van der Waals surface area contributed by atoms with E-state index in [0.717, 1.165) is 11.1 Å². The molecule has 0 bridgehead atoms. The lowest BCUT2D eigenvalue weighted by atomic mass is 10.1. The van der Waals surface area contributed by atoms with Crippen molar-refractivity contribution < 1.29 is 14.0 Å². The highest BCUT2D eigenvalue weighted by Gasteiger charge is 2.34. The minimum absolute atomic E-state index is 0.110. The molecule has 1 aliphatic rings. The van der Waals surface area contributed by atoms with Crippen molar-refractivity contribution in [1.29, 1.82) is 0 Å². The van der Waals surface area contributed by atoms with Crippen LogP contribution in [0.1, 0.15) is 12.0 Å². The van der Waals surface area contributed by atoms with Crippen LogP contribution in [0.15, 0.2) is 46.9 Å². The van der Waals surface area contributed by atoms with E-state index in [4.69, 9.17) is 16.0 Å². The van der Waals surface area contributed by atoms with Gasteiger partial charge in [-0.2, -0.15) is 0 Å². The predicted molar refractivity (Wildman–Crippen MR) is 95.5 cm³/mol. The minimum atomic E-state index is -0.472. The first-order valence-corrected chi connectivity index (χ1v) is 8.36. The first-order valence-electron chi connectivity index (χ1n) is 7.98. The standard InChI is InChI=1S/C19H15ClN2O3/c1-11-3-2-4-12(7-11)19-21-15-9-14(5-6-16(15)25-19)22-10-13(18(20)24)8-17(22)23/h2-7,9,13H,8,10H2,1H3/t13-/m0/s1. The topological polar surface area (TPSA) is 63.4 Å². The summed E-state index contributed by atoms with van der Waals surface area (Å²) in [6, 6.07) is 13.3. The molecule has 1 amide bonds. The summed E-state index contributed by atoms with van der Waals surface area (Å²) in [6.07, 6.45) is 0.147. The highest BCUT2D eigenvalue weighted by atomic mass is 35.5. The van der Waals surface area contributed by atoms with E-state index < -0.39 is 11.2 Å². The maximum absolute atomic E-state index is 12.2. The molecule has 0 radical (unpaired) electrons. The first kappa shape index (κ1) is 15.8. The Kier molecular flexibility index (Phi) is 3.81. The molecule has 2 aromatic carbocycles. The number of hydrogen-bond donors (Lipinski definition) is 0. The van der Waals surface area contributed by atoms with Crippen LogP contribution in [0.25, 0.3) is 22.6 Å². The van der Waals surface area contributed by atoms with Crippen LogP contribution in [0.4, 0.5) is 5.69 Å². The minimum Gasteiger partial charge on any atom is -0.436 e. The number of anilines is 1. The van der Waals surface area contributed by atoms with Crippen molar-refractivity contribution in [2.24, 2.45) is 5.92 Å². The molecule has 0 spiro atoms. The molecule has 1 saturated heterocycles. The zero-order chi connectivity index (χ0) is 17.6. The Balaban J connectivity index is 1.69. The normalized spacial score (nSPS) is 17.4. The number of carbonyl (C=O) groups excluding carboxylic acids is 2. The molecule has 5 nitrogen and oxygen atoms in total. The van der Waals surface area contributed by atoms with Gasteiger partial charge in [0.05, 0.1) is 5.92 Å². The number of nitrogens with zero attached hydrogens (tertiary/aromatic N) is 2. The van der Waals surface area contributed by atoms with E-state index in [9.17, 15) is 9.59 Å². The number of benzene rings is 2. The number of fused-ring (bicyclic) bond motifs is 1. The van der Waals surface area contributed by atoms with Crippen molar-refractivity contribution in [1.82, 2.24) is 4.98 Å². The van der Waals surface area contributed by atoms with Crippen LogP contribution < -0.4 is 4.90 Å². The van der Waals surface area contributed by atoms with E-state index in [1.165, 1.54) is 0 Å². The largest absolute Gasteiger partial charge is 0.436 e. The zero-order valence-electron chi connectivity index (χ0n) is 13.5. The van der Waals surface area contributed by atoms with Gasteiger partial charge in [-0.3, -0.25) is 9.59 Å². The summed E-state index contributed by atoms with van der Waals surface area (Å²) in [5.41, 5.74) is 4.05. The molecule has 4 rings (SSSR count). The van der Waals surface area contributed by atoms with Gasteiger partial charge in [0.25, 0.3) is 0 Å². The molecule has 0 saturated carbocycles. The lowest BCUT2D eigenvalue weighted by Crippen LogP contribution is -2.25. The SMILES string of the molecule is Cc1cccc(-c2nc3cc(N4C[C@@H](C(=O)Cl)CC4=O)ccc3o2)c1. The zero-order valence-corrected chi connectivity index (χ0v) is 14.3. The van der Waals surface area contributed by atoms with Crippen LogP contribution in [0, 0.1) is 12.8 Å². The van der Waals surface area contributed by atoms with E-state index in [2.05, 4.69) is 4.98 Å². The highest BCUT2D eigenvalue weighted by Crippen LogP contribution is 2.31. The van der Waals surface area contributed by atoms with Crippen LogP contribution >= 0.6 is 11.6 Å². The van der Waals surface area contributed by atoms with Crippen molar-refractivity contribution in [3.05, 3.63) is 48.0 Å². The van der Waals surface area contributed by atoms with Gasteiger partial charge in [-0.25, -0.2) is 4.98 Å². The predicted octanol–water partition coefficient (Wildman–Crippen LogP) is 3.92. The molecular weight excluding hydrogens is 340 g/mol. The number of oxazole rings is 1. The summed E-state index contributed by atoms with van der Waals surface area (Å²) >= 11 is 5.54. The van der Waals surface area contributed by atoms with Gasteiger partial charge in [-0.05, 0) is 48.9 Å². The summed E-state index contributed by atoms with van der Waals surface area (Å²) in [5, 5.41) is -0.472. The molecule has 0 aliphatic carbocycles. The third-order valence-corrected chi connectivity index (χ3v) is 4.70. The molecule has 1 aromatic heterocycles. The van der Waals surface area contributed by atoms with Crippen molar-refractivity contribution >= 4 is 39.5 Å². The quantitative estimate of drug-likeness (QED) is 0.669. The van der Waals surface area contributed by atoms with Crippen molar-refractivity contribution in [2.75, 3.05) is 11.4 Å². The molecule has 0 unspecified atom stereocenters. The summed E-state index contributed by atoms with van der Waals surface area (Å²) in [6.45, 7) is 2.31. The van der Waals surface area contributed by atoms with Crippen molar-refractivity contribution in [2.45, 2.75) is 13.3 Å². The summed E-state index contributed by atoms with van der Waals surface area (Å²) in [7, 11) is 0. The molecule has 2 heterocycles.